The van der Waals surface area contributed by atoms with Crippen LogP contribution in [0.15, 0.2) is 84.9 Å². The minimum Gasteiger partial charge on any atom is -0.457 e. The largest absolute Gasteiger partial charge is 0.457 e. The second-order valence-electron chi connectivity index (χ2n) is 11.5. The van der Waals surface area contributed by atoms with E-state index in [0.717, 1.165) is 56.1 Å². The molecular weight excluding hydrogens is 530 g/mol. The van der Waals surface area contributed by atoms with E-state index in [1.165, 1.54) is 5.69 Å². The highest BCUT2D eigenvalue weighted by Crippen LogP contribution is 2.30. The predicted molar refractivity (Wildman–Crippen MR) is 162 cm³/mol. The molecule has 0 bridgehead atoms. The summed E-state index contributed by atoms with van der Waals surface area (Å²) in [6.07, 6.45) is 1.30. The average Bonchev–Trinajstić information content (AvgIpc) is 3.02. The fourth-order valence-corrected chi connectivity index (χ4v) is 6.33. The molecule has 3 aromatic carbocycles. The van der Waals surface area contributed by atoms with Crippen molar-refractivity contribution >= 4 is 11.6 Å². The van der Waals surface area contributed by atoms with Crippen molar-refractivity contribution in [2.75, 3.05) is 50.8 Å². The van der Waals surface area contributed by atoms with Crippen molar-refractivity contribution in [3.05, 3.63) is 90.5 Å². The Hall–Kier alpha value is -3.43. The van der Waals surface area contributed by atoms with Gasteiger partial charge in [0.15, 0.2) is 0 Å². The first kappa shape index (κ1) is 28.7. The van der Waals surface area contributed by atoms with Crippen molar-refractivity contribution in [3.8, 4) is 11.5 Å². The van der Waals surface area contributed by atoms with Crippen LogP contribution in [0, 0.1) is 0 Å². The summed E-state index contributed by atoms with van der Waals surface area (Å²) in [4.78, 5) is 19.9. The number of aliphatic hydroxyl groups excluding tert-OH is 1. The van der Waals surface area contributed by atoms with Crippen molar-refractivity contribution in [1.29, 1.82) is 0 Å². The van der Waals surface area contributed by atoms with Crippen LogP contribution in [-0.2, 0) is 20.8 Å². The third-order valence-corrected chi connectivity index (χ3v) is 8.53. The van der Waals surface area contributed by atoms with E-state index in [1.54, 1.807) is 0 Å². The molecule has 0 unspecified atom stereocenters. The molecule has 4 atom stereocenters. The van der Waals surface area contributed by atoms with Crippen LogP contribution in [0.4, 0.5) is 5.69 Å². The number of β-amino-alcohol motifs (C(OH)–C–C–N with tert-alkyl or cyclic N) is 1. The second-order valence-corrected chi connectivity index (χ2v) is 11.5. The highest BCUT2D eigenvalue weighted by Gasteiger charge is 2.38. The number of rotatable bonds is 7. The van der Waals surface area contributed by atoms with E-state index in [2.05, 4.69) is 46.2 Å². The van der Waals surface area contributed by atoms with Gasteiger partial charge in [-0.25, -0.2) is 0 Å². The van der Waals surface area contributed by atoms with E-state index in [-0.39, 0.29) is 30.8 Å². The topological polar surface area (TPSA) is 74.7 Å². The summed E-state index contributed by atoms with van der Waals surface area (Å²) in [5.41, 5.74) is 2.36. The van der Waals surface area contributed by atoms with Crippen LogP contribution in [0.3, 0.4) is 0 Å². The van der Waals surface area contributed by atoms with Gasteiger partial charge in [0, 0.05) is 51.0 Å². The summed E-state index contributed by atoms with van der Waals surface area (Å²) in [6.45, 7) is 5.06. The Bertz CT molecular complexity index is 1270. The summed E-state index contributed by atoms with van der Waals surface area (Å²) < 4.78 is 18.3. The number of carbonyl (C=O) groups is 1. The summed E-state index contributed by atoms with van der Waals surface area (Å²) >= 11 is 0. The number of carbonyl (C=O) groups excluding carboxylic acids is 1. The number of aliphatic hydroxyl groups is 1. The quantitative estimate of drug-likeness (QED) is 0.453. The fraction of sp³-hybridized carbons (Fsp3) is 0.441. The standard InChI is InChI=1S/C34H41N3O5/c38-28-23-37(22-26-11-13-30(14-12-26)41-29-9-5-2-6-10-29)32-16-15-31(42-33(32)25-40-24-28)21-34(39)36-19-17-35(18-20-36)27-7-3-1-4-8-27/h1-14,28,31-33,38H,15-25H2/t28-,31+,32-,33+/m0/s1. The van der Waals surface area contributed by atoms with Gasteiger partial charge >= 0.3 is 0 Å². The third-order valence-electron chi connectivity index (χ3n) is 8.53. The number of hydrogen-bond donors (Lipinski definition) is 1. The molecular formula is C34H41N3O5. The Labute approximate surface area is 248 Å². The van der Waals surface area contributed by atoms with Gasteiger partial charge in [-0.15, -0.1) is 0 Å². The zero-order valence-electron chi connectivity index (χ0n) is 24.1. The van der Waals surface area contributed by atoms with E-state index >= 15 is 0 Å². The van der Waals surface area contributed by atoms with Gasteiger partial charge in [-0.05, 0) is 54.8 Å². The van der Waals surface area contributed by atoms with Gasteiger partial charge in [0.25, 0.3) is 0 Å². The van der Waals surface area contributed by atoms with Gasteiger partial charge in [0.1, 0.15) is 11.5 Å². The highest BCUT2D eigenvalue weighted by atomic mass is 16.5. The van der Waals surface area contributed by atoms with E-state index in [4.69, 9.17) is 14.2 Å². The first-order chi connectivity index (χ1) is 20.6. The smallest absolute Gasteiger partial charge is 0.225 e. The van der Waals surface area contributed by atoms with Crippen molar-refractivity contribution < 1.29 is 24.1 Å². The van der Waals surface area contributed by atoms with Crippen LogP contribution in [0.5, 0.6) is 11.5 Å². The van der Waals surface area contributed by atoms with Crippen LogP contribution in [-0.4, -0.2) is 91.1 Å². The molecule has 222 valence electrons. The van der Waals surface area contributed by atoms with Crippen molar-refractivity contribution in [3.63, 3.8) is 0 Å². The van der Waals surface area contributed by atoms with Gasteiger partial charge in [-0.2, -0.15) is 0 Å². The Morgan fingerprint density at radius 2 is 1.52 bits per heavy atom. The molecule has 0 radical (unpaired) electrons. The summed E-state index contributed by atoms with van der Waals surface area (Å²) in [5, 5.41) is 10.6. The maximum Gasteiger partial charge on any atom is 0.225 e. The monoisotopic (exact) mass is 571 g/mol. The molecule has 3 aliphatic rings. The molecule has 6 rings (SSSR count). The third kappa shape index (κ3) is 7.31. The van der Waals surface area contributed by atoms with Crippen LogP contribution >= 0.6 is 0 Å². The van der Waals surface area contributed by atoms with Crippen molar-refractivity contribution in [1.82, 2.24) is 9.80 Å². The zero-order chi connectivity index (χ0) is 28.7. The summed E-state index contributed by atoms with van der Waals surface area (Å²) in [7, 11) is 0. The first-order valence-corrected chi connectivity index (χ1v) is 15.2. The molecule has 0 aliphatic carbocycles. The van der Waals surface area contributed by atoms with Gasteiger partial charge in [0.05, 0.1) is 37.9 Å². The number of ether oxygens (including phenoxy) is 3. The van der Waals surface area contributed by atoms with Crippen LogP contribution < -0.4 is 9.64 Å². The van der Waals surface area contributed by atoms with Gasteiger partial charge in [-0.1, -0.05) is 48.5 Å². The lowest BCUT2D eigenvalue weighted by molar-refractivity contribution is -0.161. The van der Waals surface area contributed by atoms with Gasteiger partial charge < -0.3 is 29.1 Å². The molecule has 8 heteroatoms. The van der Waals surface area contributed by atoms with E-state index in [1.807, 2.05) is 53.4 Å². The summed E-state index contributed by atoms with van der Waals surface area (Å²) in [6, 6.07) is 28.4. The number of piperazine rings is 1. The molecule has 8 nitrogen and oxygen atoms in total. The fourth-order valence-electron chi connectivity index (χ4n) is 6.33. The molecule has 3 aliphatic heterocycles. The summed E-state index contributed by atoms with van der Waals surface area (Å²) in [5.74, 6) is 1.77. The number of benzene rings is 3. The Morgan fingerprint density at radius 1 is 0.833 bits per heavy atom. The molecule has 3 fully saturated rings. The Morgan fingerprint density at radius 3 is 2.26 bits per heavy atom. The maximum absolute atomic E-state index is 13.2. The molecule has 0 spiro atoms. The molecule has 3 saturated heterocycles. The lowest BCUT2D eigenvalue weighted by Gasteiger charge is -2.45. The minimum atomic E-state index is -0.555. The van der Waals surface area contributed by atoms with Crippen molar-refractivity contribution in [2.24, 2.45) is 0 Å². The molecule has 1 amide bonds. The Balaban J connectivity index is 1.03. The number of anilines is 1. The number of amides is 1. The normalized spacial score (nSPS) is 25.3. The van der Waals surface area contributed by atoms with E-state index in [9.17, 15) is 9.90 Å². The molecule has 3 aromatic rings. The zero-order valence-corrected chi connectivity index (χ0v) is 24.1. The highest BCUT2D eigenvalue weighted by molar-refractivity contribution is 5.77. The SMILES string of the molecule is O=C(C[C@H]1CC[C@H]2[C@@H](COC[C@@H](O)CN2Cc2ccc(Oc3ccccc3)cc2)O1)N1CCN(c2ccccc2)CC1. The molecule has 1 N–H and O–H groups in total. The number of fused-ring (bicyclic) bond motifs is 1. The lowest BCUT2D eigenvalue weighted by Crippen LogP contribution is -2.56. The molecule has 0 aromatic heterocycles. The minimum absolute atomic E-state index is 0.112. The molecule has 0 saturated carbocycles. The van der Waals surface area contributed by atoms with E-state index < -0.39 is 6.10 Å². The number of nitrogens with zero attached hydrogens (tertiary/aromatic N) is 3. The van der Waals surface area contributed by atoms with Gasteiger partial charge in [0.2, 0.25) is 5.91 Å². The maximum atomic E-state index is 13.2. The lowest BCUT2D eigenvalue weighted by atomic mass is 9.94. The second kappa shape index (κ2) is 13.7. The van der Waals surface area contributed by atoms with Crippen molar-refractivity contribution in [2.45, 2.75) is 50.2 Å². The van der Waals surface area contributed by atoms with Crippen LogP contribution in [0.25, 0.3) is 0 Å². The van der Waals surface area contributed by atoms with E-state index in [0.29, 0.717) is 26.1 Å². The number of hydrogen-bond acceptors (Lipinski definition) is 7. The van der Waals surface area contributed by atoms with Crippen LogP contribution in [0.2, 0.25) is 0 Å². The first-order valence-electron chi connectivity index (χ1n) is 15.2. The molecule has 3 heterocycles. The van der Waals surface area contributed by atoms with Crippen LogP contribution in [0.1, 0.15) is 24.8 Å². The van der Waals surface area contributed by atoms with Gasteiger partial charge in [-0.3, -0.25) is 9.69 Å². The number of para-hydroxylation sites is 2. The molecule has 42 heavy (non-hydrogen) atoms. The average molecular weight is 572 g/mol. The Kier molecular flexibility index (Phi) is 9.35. The predicted octanol–water partition coefficient (Wildman–Crippen LogP) is 4.33.